The topological polar surface area (TPSA) is 77.8 Å². The third-order valence-electron chi connectivity index (χ3n) is 17.6. The Hall–Kier alpha value is 0.560. The largest absolute Gasteiger partial charge is 0.393 e. The highest BCUT2D eigenvalue weighted by Crippen LogP contribution is 2.66. The fourth-order valence-corrected chi connectivity index (χ4v) is 15.7. The number of ketones is 1. The number of hydrogen-bond acceptors (Lipinski definition) is 4. The van der Waals surface area contributed by atoms with Crippen molar-refractivity contribution in [3.8, 4) is 0 Å². The van der Waals surface area contributed by atoms with Crippen LogP contribution in [0.5, 0.6) is 0 Å². The summed E-state index contributed by atoms with van der Waals surface area (Å²) in [6.45, 7) is 17.2. The molecule has 7 heteroatoms. The van der Waals surface area contributed by atoms with E-state index in [1.54, 1.807) is 0 Å². The fourth-order valence-electron chi connectivity index (χ4n) is 15.7. The Morgan fingerprint density at radius 2 is 1.02 bits per heavy atom. The highest BCUT2D eigenvalue weighted by atomic mass is 35.5. The summed E-state index contributed by atoms with van der Waals surface area (Å²) in [7, 11) is 1.08. The molecule has 0 saturated heterocycles. The van der Waals surface area contributed by atoms with Gasteiger partial charge in [-0.2, -0.15) is 0 Å². The molecule has 8 rings (SSSR count). The average molecular weight is 818 g/mol. The summed E-state index contributed by atoms with van der Waals surface area (Å²) in [6.07, 6.45) is 22.2. The molecule has 0 spiro atoms. The highest BCUT2D eigenvalue weighted by molar-refractivity contribution is 7.35. The quantitative estimate of drug-likeness (QED) is 0.192. The number of aliphatic hydroxyl groups excluding tert-OH is 1. The van der Waals surface area contributed by atoms with Gasteiger partial charge >= 0.3 is 0 Å². The zero-order chi connectivity index (χ0) is 38.2. The van der Waals surface area contributed by atoms with Crippen molar-refractivity contribution in [2.75, 3.05) is 18.7 Å². The van der Waals surface area contributed by atoms with Crippen LogP contribution >= 0.6 is 31.8 Å². The van der Waals surface area contributed by atoms with Crippen LogP contribution in [0.1, 0.15) is 172 Å². The second kappa shape index (κ2) is 19.7. The summed E-state index contributed by atoms with van der Waals surface area (Å²) in [5.74, 6) is 9.77. The third kappa shape index (κ3) is 9.94. The van der Waals surface area contributed by atoms with Gasteiger partial charge in [-0.25, -0.2) is 0 Å². The maximum Gasteiger partial charge on any atom is 0.133 e. The Bertz CT molecular complexity index is 1180. The third-order valence-corrected chi connectivity index (χ3v) is 17.6. The molecule has 0 aromatic heterocycles. The van der Waals surface area contributed by atoms with Crippen LogP contribution in [0.4, 0.5) is 0 Å². The molecule has 0 amide bonds. The van der Waals surface area contributed by atoms with Crippen LogP contribution in [0.3, 0.4) is 0 Å². The minimum absolute atomic E-state index is 0. The number of alkyl halides is 2. The van der Waals surface area contributed by atoms with Crippen molar-refractivity contribution in [1.82, 2.24) is 0 Å². The molecule has 8 aliphatic carbocycles. The lowest BCUT2D eigenvalue weighted by Crippen LogP contribution is -2.51. The van der Waals surface area contributed by atoms with Crippen molar-refractivity contribution in [2.45, 2.75) is 189 Å². The predicted molar refractivity (Wildman–Crippen MR) is 235 cm³/mol. The molecule has 4 nitrogen and oxygen atoms in total. The van der Waals surface area contributed by atoms with Gasteiger partial charge in [-0.3, -0.25) is 4.79 Å². The van der Waals surface area contributed by atoms with Gasteiger partial charge in [0.15, 0.2) is 0 Å². The van der Waals surface area contributed by atoms with Crippen LogP contribution in [0.2, 0.25) is 0 Å². The van der Waals surface area contributed by atoms with E-state index in [9.17, 15) is 20.1 Å². The standard InChI is InChI=1S/C21H36O2.C21H34O2.C2H7P.CH2Cl2.2CH4/c2*1-13(22)18-6-7-19-17-5-4-14-12-20(2,23)10-8-15(14)16(17)9-11-21(18,19)3;1-3-2;2-1-3;;/h13-19,22-23H,4-12H2,1-3H3;14-19,23H,4-12H2,1-3H3;3H,1-2H3;1H2;2*1H4/t13?,14-,15+,16-,17-,18-,19+,20-,21-;14-,15+,16-,17-,18-,19+,20-,21-;;;;/m11..../s1. The molecule has 3 N–H and O–H groups in total. The molecular formula is C47H87Cl2O4P. The number of Topliss-reactive ketones (excluding diaryl/α,β-unsaturated/α-hetero) is 1. The van der Waals surface area contributed by atoms with Gasteiger partial charge in [-0.15, -0.1) is 31.8 Å². The zero-order valence-electron chi connectivity index (χ0n) is 34.4. The van der Waals surface area contributed by atoms with Crippen molar-refractivity contribution >= 4 is 37.6 Å². The Labute approximate surface area is 346 Å². The average Bonchev–Trinajstić information content (AvgIpc) is 3.61. The number of halogens is 2. The number of aliphatic hydroxyl groups is 3. The van der Waals surface area contributed by atoms with Crippen LogP contribution in [-0.4, -0.2) is 57.1 Å². The lowest BCUT2D eigenvalue weighted by Gasteiger charge is -2.57. The summed E-state index contributed by atoms with van der Waals surface area (Å²) in [6, 6.07) is 0. The van der Waals surface area contributed by atoms with Crippen LogP contribution in [0, 0.1) is 81.8 Å². The first-order valence-electron chi connectivity index (χ1n) is 21.8. The van der Waals surface area contributed by atoms with Gasteiger partial charge in [-0.1, -0.05) is 28.7 Å². The highest BCUT2D eigenvalue weighted by Gasteiger charge is 2.60. The van der Waals surface area contributed by atoms with E-state index >= 15 is 0 Å². The minimum Gasteiger partial charge on any atom is -0.393 e. The number of fused-ring (bicyclic) bond motifs is 10. The minimum atomic E-state index is -0.412. The summed E-state index contributed by atoms with van der Waals surface area (Å²) in [4.78, 5) is 12.1. The zero-order valence-corrected chi connectivity index (χ0v) is 37.0. The second-order valence-electron chi connectivity index (χ2n) is 20.7. The van der Waals surface area contributed by atoms with Crippen molar-refractivity contribution in [3.05, 3.63) is 0 Å². The van der Waals surface area contributed by atoms with Gasteiger partial charge in [-0.05, 0) is 233 Å². The van der Waals surface area contributed by atoms with Crippen molar-refractivity contribution in [2.24, 2.45) is 81.8 Å². The number of carbonyl (C=O) groups is 1. The van der Waals surface area contributed by atoms with Gasteiger partial charge in [0.1, 0.15) is 5.78 Å². The van der Waals surface area contributed by atoms with Gasteiger partial charge < -0.3 is 15.3 Å². The van der Waals surface area contributed by atoms with Gasteiger partial charge in [0.05, 0.1) is 22.6 Å². The monoisotopic (exact) mass is 817 g/mol. The molecule has 0 aromatic carbocycles. The second-order valence-corrected chi connectivity index (χ2v) is 22.5. The Balaban J connectivity index is 0.000000246. The number of rotatable bonds is 2. The maximum absolute atomic E-state index is 12.1. The van der Waals surface area contributed by atoms with Crippen LogP contribution in [-0.2, 0) is 4.79 Å². The Kier molecular flexibility index (Phi) is 17.9. The summed E-state index contributed by atoms with van der Waals surface area (Å²) in [5, 5.41) is 31.4. The predicted octanol–water partition coefficient (Wildman–Crippen LogP) is 12.6. The first kappa shape index (κ1) is 48.9. The fraction of sp³-hybridized carbons (Fsp3) is 0.979. The van der Waals surface area contributed by atoms with E-state index in [2.05, 4.69) is 34.1 Å². The molecule has 0 aliphatic heterocycles. The van der Waals surface area contributed by atoms with E-state index in [1.807, 2.05) is 20.8 Å². The van der Waals surface area contributed by atoms with Crippen LogP contribution < -0.4 is 0 Å². The molecule has 0 radical (unpaired) electrons. The molecule has 0 aromatic rings. The molecule has 17 atom stereocenters. The number of carbonyl (C=O) groups excluding carboxylic acids is 1. The summed E-state index contributed by atoms with van der Waals surface area (Å²) >= 11 is 9.53. The van der Waals surface area contributed by atoms with E-state index in [0.717, 1.165) is 99.9 Å². The number of hydrogen-bond donors (Lipinski definition) is 3. The van der Waals surface area contributed by atoms with Gasteiger partial charge in [0.2, 0.25) is 0 Å². The van der Waals surface area contributed by atoms with E-state index in [-0.39, 0.29) is 26.3 Å². The molecular weight excluding hydrogens is 730 g/mol. The molecule has 318 valence electrons. The smallest absolute Gasteiger partial charge is 0.133 e. The molecule has 54 heavy (non-hydrogen) atoms. The Morgan fingerprint density at radius 3 is 1.44 bits per heavy atom. The van der Waals surface area contributed by atoms with E-state index in [0.29, 0.717) is 28.4 Å². The summed E-state index contributed by atoms with van der Waals surface area (Å²) < 4.78 is 0. The van der Waals surface area contributed by atoms with E-state index in [4.69, 9.17) is 23.2 Å². The van der Waals surface area contributed by atoms with Crippen LogP contribution in [0.15, 0.2) is 0 Å². The van der Waals surface area contributed by atoms with Crippen molar-refractivity contribution in [3.63, 3.8) is 0 Å². The lowest BCUT2D eigenvalue weighted by atomic mass is 9.49. The first-order valence-corrected chi connectivity index (χ1v) is 24.9. The van der Waals surface area contributed by atoms with Crippen LogP contribution in [0.25, 0.3) is 0 Å². The molecule has 8 aliphatic rings. The molecule has 0 heterocycles. The molecule has 0 bridgehead atoms. The Morgan fingerprint density at radius 1 is 0.630 bits per heavy atom. The van der Waals surface area contributed by atoms with E-state index < -0.39 is 11.2 Å². The molecule has 8 saturated carbocycles. The summed E-state index contributed by atoms with van der Waals surface area (Å²) in [5.41, 5.74) is -0.130. The van der Waals surface area contributed by atoms with Gasteiger partial charge in [0.25, 0.3) is 0 Å². The lowest BCUT2D eigenvalue weighted by molar-refractivity contribution is -0.130. The molecule has 1 unspecified atom stereocenters. The SMILES string of the molecule is C.C.CC(=O)[C@H]1CC[C@H]2[C@@H]3CC[C@@H]4C[C@](C)(O)CC[C@@H]4[C@H]3CC[C@]12C.CC(O)[C@H]1CC[C@H]2[C@@H]3CC[C@@H]4C[C@](C)(O)CC[C@@H]4[C@H]3CC[C@]12C.CPC.ClCCl. The maximum atomic E-state index is 12.1. The van der Waals surface area contributed by atoms with Crippen molar-refractivity contribution < 1.29 is 20.1 Å². The first-order chi connectivity index (χ1) is 24.5. The van der Waals surface area contributed by atoms with E-state index in [1.165, 1.54) is 83.5 Å². The van der Waals surface area contributed by atoms with Gasteiger partial charge in [0, 0.05) is 5.92 Å². The molecule has 8 fully saturated rings. The van der Waals surface area contributed by atoms with Crippen molar-refractivity contribution in [1.29, 1.82) is 0 Å². The normalized spacial score (nSPS) is 48.8.